The monoisotopic (exact) mass is 431 g/mol. The standard InChI is InChI=1S/C20H21N3O6S/c1-11-7-8-13(23(27)28)9-15(11)22-17(25)10-29-20(26)18-14-5-3-4-6-16(14)30-19(18)21-12(2)24/h7-9H,3-6,10H2,1-2H3,(H,21,24)(H,22,25). The first kappa shape index (κ1) is 21.4. The zero-order chi connectivity index (χ0) is 21.8. The highest BCUT2D eigenvalue weighted by Crippen LogP contribution is 2.38. The summed E-state index contributed by atoms with van der Waals surface area (Å²) < 4.78 is 5.20. The number of non-ortho nitro benzene ring substituents is 1. The first-order valence-corrected chi connectivity index (χ1v) is 10.2. The van der Waals surface area contributed by atoms with Crippen molar-refractivity contribution in [2.24, 2.45) is 0 Å². The minimum absolute atomic E-state index is 0.155. The van der Waals surface area contributed by atoms with Gasteiger partial charge in [0.15, 0.2) is 6.61 Å². The summed E-state index contributed by atoms with van der Waals surface area (Å²) in [6, 6.07) is 4.12. The predicted molar refractivity (Wildman–Crippen MR) is 112 cm³/mol. The van der Waals surface area contributed by atoms with Crippen molar-refractivity contribution >= 4 is 45.5 Å². The van der Waals surface area contributed by atoms with Gasteiger partial charge in [-0.25, -0.2) is 4.79 Å². The van der Waals surface area contributed by atoms with Crippen LogP contribution in [0.5, 0.6) is 0 Å². The Balaban J connectivity index is 1.71. The van der Waals surface area contributed by atoms with Gasteiger partial charge in [0, 0.05) is 23.9 Å². The molecular formula is C20H21N3O6S. The van der Waals surface area contributed by atoms with Crippen LogP contribution in [0.1, 0.15) is 46.1 Å². The van der Waals surface area contributed by atoms with E-state index in [1.807, 2.05) is 0 Å². The van der Waals surface area contributed by atoms with Gasteiger partial charge in [-0.3, -0.25) is 19.7 Å². The van der Waals surface area contributed by atoms with E-state index in [0.717, 1.165) is 36.1 Å². The first-order chi connectivity index (χ1) is 14.3. The molecule has 0 saturated heterocycles. The Morgan fingerprint density at radius 3 is 2.63 bits per heavy atom. The van der Waals surface area contributed by atoms with Crippen LogP contribution in [0.25, 0.3) is 0 Å². The maximum atomic E-state index is 12.7. The van der Waals surface area contributed by atoms with Crippen molar-refractivity contribution in [2.75, 3.05) is 17.2 Å². The SMILES string of the molecule is CC(=O)Nc1sc2c(c1C(=O)OCC(=O)Nc1cc([N+](=O)[O-])ccc1C)CCCC2. The minimum Gasteiger partial charge on any atom is -0.452 e. The molecule has 0 unspecified atom stereocenters. The number of nitrogens with one attached hydrogen (secondary N) is 2. The average molecular weight is 431 g/mol. The summed E-state index contributed by atoms with van der Waals surface area (Å²) in [5, 5.41) is 16.6. The number of nitro benzene ring substituents is 1. The maximum absolute atomic E-state index is 12.7. The Labute approximate surface area is 176 Å². The number of benzene rings is 1. The molecule has 1 aliphatic carbocycles. The van der Waals surface area contributed by atoms with Gasteiger partial charge in [0.1, 0.15) is 5.00 Å². The molecule has 0 saturated carbocycles. The predicted octanol–water partition coefficient (Wildman–Crippen LogP) is 3.60. The molecule has 0 fully saturated rings. The molecule has 0 spiro atoms. The number of nitrogens with zero attached hydrogens (tertiary/aromatic N) is 1. The molecule has 1 aliphatic rings. The highest BCUT2D eigenvalue weighted by molar-refractivity contribution is 7.17. The lowest BCUT2D eigenvalue weighted by atomic mass is 9.95. The number of esters is 1. The van der Waals surface area contributed by atoms with Gasteiger partial charge >= 0.3 is 5.97 Å². The topological polar surface area (TPSA) is 128 Å². The summed E-state index contributed by atoms with van der Waals surface area (Å²) in [4.78, 5) is 47.9. The normalized spacial score (nSPS) is 12.6. The molecule has 1 heterocycles. The molecule has 9 nitrogen and oxygen atoms in total. The number of amides is 2. The highest BCUT2D eigenvalue weighted by atomic mass is 32.1. The number of anilines is 2. The Morgan fingerprint density at radius 1 is 1.20 bits per heavy atom. The molecule has 0 aliphatic heterocycles. The van der Waals surface area contributed by atoms with Crippen LogP contribution >= 0.6 is 11.3 Å². The van der Waals surface area contributed by atoms with E-state index < -0.39 is 23.4 Å². The average Bonchev–Trinajstić information content (AvgIpc) is 3.04. The van der Waals surface area contributed by atoms with Gasteiger partial charge in [0.05, 0.1) is 16.2 Å². The van der Waals surface area contributed by atoms with Crippen molar-refractivity contribution in [3.8, 4) is 0 Å². The van der Waals surface area contributed by atoms with E-state index in [0.29, 0.717) is 16.1 Å². The Bertz CT molecular complexity index is 1030. The summed E-state index contributed by atoms with van der Waals surface area (Å²) in [6.07, 6.45) is 3.52. The quantitative estimate of drug-likeness (QED) is 0.409. The molecule has 0 bridgehead atoms. The number of aryl methyl sites for hydroxylation is 2. The Kier molecular flexibility index (Phi) is 6.46. The number of hydrogen-bond acceptors (Lipinski definition) is 7. The molecule has 1 aromatic carbocycles. The summed E-state index contributed by atoms with van der Waals surface area (Å²) in [5.74, 6) is -1.58. The van der Waals surface area contributed by atoms with E-state index in [1.165, 1.54) is 36.5 Å². The van der Waals surface area contributed by atoms with Crippen molar-refractivity contribution in [3.05, 3.63) is 49.9 Å². The van der Waals surface area contributed by atoms with E-state index >= 15 is 0 Å². The number of rotatable bonds is 6. The molecule has 2 N–H and O–H groups in total. The maximum Gasteiger partial charge on any atom is 0.341 e. The van der Waals surface area contributed by atoms with Crippen LogP contribution in [0.2, 0.25) is 0 Å². The van der Waals surface area contributed by atoms with Gasteiger partial charge in [-0.15, -0.1) is 11.3 Å². The van der Waals surface area contributed by atoms with E-state index in [4.69, 9.17) is 4.74 Å². The number of hydrogen-bond donors (Lipinski definition) is 2. The summed E-state index contributed by atoms with van der Waals surface area (Å²) in [5.41, 5.74) is 1.94. The number of fused-ring (bicyclic) bond motifs is 1. The molecule has 2 aromatic rings. The zero-order valence-electron chi connectivity index (χ0n) is 16.6. The van der Waals surface area contributed by atoms with Crippen molar-refractivity contribution in [1.82, 2.24) is 0 Å². The second-order valence-corrected chi connectivity index (χ2v) is 8.08. The summed E-state index contributed by atoms with van der Waals surface area (Å²) >= 11 is 1.36. The van der Waals surface area contributed by atoms with Crippen LogP contribution in [0.15, 0.2) is 18.2 Å². The molecule has 10 heteroatoms. The van der Waals surface area contributed by atoms with Crippen molar-refractivity contribution < 1.29 is 24.0 Å². The van der Waals surface area contributed by atoms with E-state index in [-0.39, 0.29) is 17.3 Å². The third kappa shape index (κ3) is 4.82. The lowest BCUT2D eigenvalue weighted by Gasteiger charge is -2.13. The molecule has 0 radical (unpaired) electrons. The van der Waals surface area contributed by atoms with Gasteiger partial charge in [-0.1, -0.05) is 6.07 Å². The largest absolute Gasteiger partial charge is 0.452 e. The number of ether oxygens (including phenoxy) is 1. The Morgan fingerprint density at radius 2 is 1.93 bits per heavy atom. The molecule has 158 valence electrons. The number of carbonyl (C=O) groups excluding carboxylic acids is 3. The third-order valence-electron chi connectivity index (χ3n) is 4.71. The second-order valence-electron chi connectivity index (χ2n) is 6.98. The van der Waals surface area contributed by atoms with Crippen molar-refractivity contribution in [2.45, 2.75) is 39.5 Å². The third-order valence-corrected chi connectivity index (χ3v) is 5.91. The smallest absolute Gasteiger partial charge is 0.341 e. The summed E-state index contributed by atoms with van der Waals surface area (Å²) in [6.45, 7) is 2.51. The van der Waals surface area contributed by atoms with Crippen LogP contribution in [0.3, 0.4) is 0 Å². The fourth-order valence-corrected chi connectivity index (χ4v) is 4.60. The number of thiophene rings is 1. The second kappa shape index (κ2) is 9.04. The van der Waals surface area contributed by atoms with Crippen molar-refractivity contribution in [3.63, 3.8) is 0 Å². The highest BCUT2D eigenvalue weighted by Gasteiger charge is 2.27. The van der Waals surface area contributed by atoms with Gasteiger partial charge in [0.25, 0.3) is 11.6 Å². The van der Waals surface area contributed by atoms with Crippen LogP contribution in [-0.4, -0.2) is 29.3 Å². The molecule has 0 atom stereocenters. The Hall–Kier alpha value is -3.27. The lowest BCUT2D eigenvalue weighted by Crippen LogP contribution is -2.22. The van der Waals surface area contributed by atoms with Crippen LogP contribution < -0.4 is 10.6 Å². The van der Waals surface area contributed by atoms with Gasteiger partial charge < -0.3 is 15.4 Å². The molecule has 3 rings (SSSR count). The van der Waals surface area contributed by atoms with Gasteiger partial charge in [-0.05, 0) is 43.7 Å². The van der Waals surface area contributed by atoms with Gasteiger partial charge in [-0.2, -0.15) is 0 Å². The number of carbonyl (C=O) groups is 3. The number of nitro groups is 1. The zero-order valence-corrected chi connectivity index (χ0v) is 17.4. The lowest BCUT2D eigenvalue weighted by molar-refractivity contribution is -0.384. The summed E-state index contributed by atoms with van der Waals surface area (Å²) in [7, 11) is 0. The first-order valence-electron chi connectivity index (χ1n) is 9.40. The van der Waals surface area contributed by atoms with Gasteiger partial charge in [0.2, 0.25) is 5.91 Å². The molecule has 2 amide bonds. The van der Waals surface area contributed by atoms with Crippen LogP contribution in [-0.2, 0) is 27.2 Å². The van der Waals surface area contributed by atoms with E-state index in [1.54, 1.807) is 6.92 Å². The van der Waals surface area contributed by atoms with Crippen LogP contribution in [0, 0.1) is 17.0 Å². The van der Waals surface area contributed by atoms with E-state index in [9.17, 15) is 24.5 Å². The molecule has 30 heavy (non-hydrogen) atoms. The van der Waals surface area contributed by atoms with Crippen molar-refractivity contribution in [1.29, 1.82) is 0 Å². The van der Waals surface area contributed by atoms with E-state index in [2.05, 4.69) is 10.6 Å². The minimum atomic E-state index is -0.677. The van der Waals surface area contributed by atoms with Crippen LogP contribution in [0.4, 0.5) is 16.4 Å². The fourth-order valence-electron chi connectivity index (χ4n) is 3.28. The molecular weight excluding hydrogens is 410 g/mol. The molecule has 1 aromatic heterocycles. The fraction of sp³-hybridized carbons (Fsp3) is 0.350.